The van der Waals surface area contributed by atoms with Gasteiger partial charge >= 0.3 is 0 Å². The predicted octanol–water partition coefficient (Wildman–Crippen LogP) is 3.44. The number of anilines is 1. The first-order chi connectivity index (χ1) is 10.7. The maximum Gasteiger partial charge on any atom is 0.160 e. The van der Waals surface area contributed by atoms with Gasteiger partial charge in [-0.2, -0.15) is 0 Å². The van der Waals surface area contributed by atoms with E-state index in [1.54, 1.807) is 12.3 Å². The summed E-state index contributed by atoms with van der Waals surface area (Å²) in [7, 11) is 0. The van der Waals surface area contributed by atoms with Gasteiger partial charge in [-0.05, 0) is 43.1 Å². The molecule has 0 amide bonds. The van der Waals surface area contributed by atoms with E-state index in [1.807, 2.05) is 12.3 Å². The van der Waals surface area contributed by atoms with E-state index < -0.39 is 11.6 Å². The summed E-state index contributed by atoms with van der Waals surface area (Å²) in [5.74, 6) is -1.62. The molecule has 1 aliphatic heterocycles. The van der Waals surface area contributed by atoms with Crippen molar-refractivity contribution in [3.8, 4) is 0 Å². The molecule has 5 heteroatoms. The number of hydrogen-bond donors (Lipinski definition) is 1. The smallest absolute Gasteiger partial charge is 0.160 e. The summed E-state index contributed by atoms with van der Waals surface area (Å²) in [4.78, 5) is 6.49. The van der Waals surface area contributed by atoms with Gasteiger partial charge in [0.05, 0.1) is 0 Å². The van der Waals surface area contributed by atoms with E-state index >= 15 is 0 Å². The Morgan fingerprint density at radius 2 is 2.14 bits per heavy atom. The molecule has 116 valence electrons. The van der Waals surface area contributed by atoms with E-state index in [1.165, 1.54) is 11.6 Å². The zero-order valence-electron chi connectivity index (χ0n) is 12.3. The minimum Gasteiger partial charge on any atom is -0.381 e. The van der Waals surface area contributed by atoms with Crippen LogP contribution in [-0.2, 0) is 6.54 Å². The van der Waals surface area contributed by atoms with Crippen LogP contribution < -0.4 is 5.32 Å². The standard InChI is InChI=1S/C17H19F2N3/c18-16-6-5-14(9-17(16)19)21-15-4-2-8-22(12-15)11-13-3-1-7-20-10-13/h1,3,5-7,9-10,15,21H,2,4,8,11-12H2. The molecule has 3 nitrogen and oxygen atoms in total. The number of likely N-dealkylation sites (tertiary alicyclic amines) is 1. The molecule has 1 aromatic carbocycles. The third-order valence-electron chi connectivity index (χ3n) is 3.92. The van der Waals surface area contributed by atoms with Crippen molar-refractivity contribution in [2.24, 2.45) is 0 Å². The maximum absolute atomic E-state index is 13.3. The number of benzene rings is 1. The van der Waals surface area contributed by atoms with Crippen molar-refractivity contribution in [2.75, 3.05) is 18.4 Å². The fraction of sp³-hybridized carbons (Fsp3) is 0.353. The van der Waals surface area contributed by atoms with Crippen LogP contribution in [-0.4, -0.2) is 29.0 Å². The largest absolute Gasteiger partial charge is 0.381 e. The number of rotatable bonds is 4. The van der Waals surface area contributed by atoms with Crippen molar-refractivity contribution < 1.29 is 8.78 Å². The molecule has 1 unspecified atom stereocenters. The number of hydrogen-bond acceptors (Lipinski definition) is 3. The molecule has 0 bridgehead atoms. The summed E-state index contributed by atoms with van der Waals surface area (Å²) in [6.07, 6.45) is 5.77. The number of halogens is 2. The van der Waals surface area contributed by atoms with Crippen LogP contribution in [0, 0.1) is 11.6 Å². The maximum atomic E-state index is 13.3. The number of pyridine rings is 1. The first kappa shape index (κ1) is 14.9. The summed E-state index contributed by atoms with van der Waals surface area (Å²) in [5.41, 5.74) is 1.82. The molecular weight excluding hydrogens is 284 g/mol. The fourth-order valence-corrected chi connectivity index (χ4v) is 2.89. The fourth-order valence-electron chi connectivity index (χ4n) is 2.89. The molecule has 0 saturated carbocycles. The van der Waals surface area contributed by atoms with Crippen molar-refractivity contribution in [2.45, 2.75) is 25.4 Å². The zero-order valence-corrected chi connectivity index (χ0v) is 12.3. The molecule has 2 heterocycles. The van der Waals surface area contributed by atoms with Crippen LogP contribution in [0.1, 0.15) is 18.4 Å². The molecule has 0 spiro atoms. The van der Waals surface area contributed by atoms with Crippen LogP contribution in [0.3, 0.4) is 0 Å². The lowest BCUT2D eigenvalue weighted by Crippen LogP contribution is -2.41. The van der Waals surface area contributed by atoms with E-state index in [-0.39, 0.29) is 6.04 Å². The highest BCUT2D eigenvalue weighted by atomic mass is 19.2. The van der Waals surface area contributed by atoms with Gasteiger partial charge in [0.2, 0.25) is 0 Å². The highest BCUT2D eigenvalue weighted by Crippen LogP contribution is 2.19. The van der Waals surface area contributed by atoms with E-state index in [0.29, 0.717) is 5.69 Å². The number of piperidine rings is 1. The summed E-state index contributed by atoms with van der Waals surface area (Å²) in [6.45, 7) is 2.79. The van der Waals surface area contributed by atoms with Crippen molar-refractivity contribution in [3.05, 3.63) is 59.9 Å². The van der Waals surface area contributed by atoms with Crippen LogP contribution in [0.5, 0.6) is 0 Å². The second-order valence-corrected chi connectivity index (χ2v) is 5.71. The summed E-state index contributed by atoms with van der Waals surface area (Å²) in [6, 6.07) is 8.22. The molecule has 1 N–H and O–H groups in total. The highest BCUT2D eigenvalue weighted by Gasteiger charge is 2.20. The highest BCUT2D eigenvalue weighted by molar-refractivity contribution is 5.44. The Morgan fingerprint density at radius 1 is 1.23 bits per heavy atom. The quantitative estimate of drug-likeness (QED) is 0.938. The van der Waals surface area contributed by atoms with E-state index in [0.717, 1.165) is 38.5 Å². The average Bonchev–Trinajstić information content (AvgIpc) is 2.52. The number of aromatic nitrogens is 1. The lowest BCUT2D eigenvalue weighted by atomic mass is 10.0. The Kier molecular flexibility index (Phi) is 4.63. The molecule has 0 aliphatic carbocycles. The van der Waals surface area contributed by atoms with Crippen LogP contribution in [0.15, 0.2) is 42.7 Å². The number of nitrogens with zero attached hydrogens (tertiary/aromatic N) is 2. The van der Waals surface area contributed by atoms with E-state index in [2.05, 4.69) is 21.3 Å². The molecule has 2 aromatic rings. The van der Waals surface area contributed by atoms with E-state index in [9.17, 15) is 8.78 Å². The van der Waals surface area contributed by atoms with Crippen LogP contribution in [0.4, 0.5) is 14.5 Å². The summed E-state index contributed by atoms with van der Waals surface area (Å²) < 4.78 is 26.2. The molecule has 0 radical (unpaired) electrons. The first-order valence-electron chi connectivity index (χ1n) is 7.53. The Morgan fingerprint density at radius 3 is 2.91 bits per heavy atom. The van der Waals surface area contributed by atoms with Crippen LogP contribution in [0.25, 0.3) is 0 Å². The average molecular weight is 303 g/mol. The van der Waals surface area contributed by atoms with Gasteiger partial charge in [-0.25, -0.2) is 8.78 Å². The van der Waals surface area contributed by atoms with Crippen molar-refractivity contribution >= 4 is 5.69 Å². The van der Waals surface area contributed by atoms with Gasteiger partial charge in [0.1, 0.15) is 0 Å². The lowest BCUT2D eigenvalue weighted by Gasteiger charge is -2.33. The monoisotopic (exact) mass is 303 g/mol. The van der Waals surface area contributed by atoms with Gasteiger partial charge in [-0.1, -0.05) is 6.07 Å². The molecule has 22 heavy (non-hydrogen) atoms. The second kappa shape index (κ2) is 6.83. The van der Waals surface area contributed by atoms with Gasteiger partial charge in [0.25, 0.3) is 0 Å². The molecule has 1 atom stereocenters. The normalized spacial score (nSPS) is 19.1. The van der Waals surface area contributed by atoms with Gasteiger partial charge < -0.3 is 5.32 Å². The topological polar surface area (TPSA) is 28.2 Å². The third kappa shape index (κ3) is 3.80. The molecule has 1 fully saturated rings. The molecular formula is C17H19F2N3. The third-order valence-corrected chi connectivity index (χ3v) is 3.92. The van der Waals surface area contributed by atoms with Crippen LogP contribution in [0.2, 0.25) is 0 Å². The number of nitrogens with one attached hydrogen (secondary N) is 1. The summed E-state index contributed by atoms with van der Waals surface area (Å²) in [5, 5.41) is 3.30. The summed E-state index contributed by atoms with van der Waals surface area (Å²) >= 11 is 0. The minimum absolute atomic E-state index is 0.246. The lowest BCUT2D eigenvalue weighted by molar-refractivity contribution is 0.208. The molecule has 3 rings (SSSR count). The van der Waals surface area contributed by atoms with Gasteiger partial charge in [-0.15, -0.1) is 0 Å². The Labute approximate surface area is 129 Å². The molecule has 1 saturated heterocycles. The van der Waals surface area contributed by atoms with Gasteiger partial charge in [0, 0.05) is 43.3 Å². The Hall–Kier alpha value is -2.01. The second-order valence-electron chi connectivity index (χ2n) is 5.71. The van der Waals surface area contributed by atoms with Crippen LogP contribution >= 0.6 is 0 Å². The van der Waals surface area contributed by atoms with E-state index in [4.69, 9.17) is 0 Å². The van der Waals surface area contributed by atoms with Crippen molar-refractivity contribution in [3.63, 3.8) is 0 Å². The predicted molar refractivity (Wildman–Crippen MR) is 82.5 cm³/mol. The Balaban J connectivity index is 1.59. The first-order valence-corrected chi connectivity index (χ1v) is 7.53. The molecule has 1 aromatic heterocycles. The zero-order chi connectivity index (χ0) is 15.4. The molecule has 1 aliphatic rings. The minimum atomic E-state index is -0.813. The van der Waals surface area contributed by atoms with Crippen molar-refractivity contribution in [1.29, 1.82) is 0 Å². The van der Waals surface area contributed by atoms with Gasteiger partial charge in [-0.3, -0.25) is 9.88 Å². The SMILES string of the molecule is Fc1ccc(NC2CCCN(Cc3cccnc3)C2)cc1F. The Bertz CT molecular complexity index is 619. The van der Waals surface area contributed by atoms with Gasteiger partial charge in [0.15, 0.2) is 11.6 Å². The van der Waals surface area contributed by atoms with Crippen molar-refractivity contribution in [1.82, 2.24) is 9.88 Å².